The Morgan fingerprint density at radius 1 is 1.30 bits per heavy atom. The van der Waals surface area contributed by atoms with Crippen LogP contribution in [0.1, 0.15) is 46.0 Å². The molecule has 0 spiro atoms. The molecule has 2 N–H and O–H groups in total. The molecule has 132 valence electrons. The van der Waals surface area contributed by atoms with Gasteiger partial charge >= 0.3 is 0 Å². The Bertz CT molecular complexity index is 450. The third kappa shape index (κ3) is 6.69. The van der Waals surface area contributed by atoms with E-state index in [9.17, 15) is 0 Å². The molecule has 0 radical (unpaired) electrons. The fourth-order valence-corrected chi connectivity index (χ4v) is 3.66. The van der Waals surface area contributed by atoms with Crippen molar-refractivity contribution in [3.05, 3.63) is 18.7 Å². The number of hydrogen-bond acceptors (Lipinski definition) is 2. The maximum atomic E-state index is 4.35. The Kier molecular flexibility index (Phi) is 8.94. The number of rotatable bonds is 7. The standard InChI is InChI=1S/C17H31N5.HI/c1-15(2)12-17(6-4-5-7-17)13-21-16(18-3)20-9-11-22-10-8-19-14-22;/h8,10,14-15H,4-7,9,11-13H2,1-3H3,(H2,18,20,21);1H. The third-order valence-electron chi connectivity index (χ3n) is 4.58. The molecular weight excluding hydrogens is 401 g/mol. The molecule has 23 heavy (non-hydrogen) atoms. The summed E-state index contributed by atoms with van der Waals surface area (Å²) in [6.07, 6.45) is 12.4. The summed E-state index contributed by atoms with van der Waals surface area (Å²) < 4.78 is 2.07. The summed E-state index contributed by atoms with van der Waals surface area (Å²) in [5, 5.41) is 6.94. The van der Waals surface area contributed by atoms with Gasteiger partial charge in [0.05, 0.1) is 6.33 Å². The van der Waals surface area contributed by atoms with Crippen molar-refractivity contribution in [2.45, 2.75) is 52.5 Å². The molecule has 0 bridgehead atoms. The van der Waals surface area contributed by atoms with E-state index in [-0.39, 0.29) is 24.0 Å². The van der Waals surface area contributed by atoms with Gasteiger partial charge in [0.25, 0.3) is 0 Å². The topological polar surface area (TPSA) is 54.2 Å². The van der Waals surface area contributed by atoms with Crippen molar-refractivity contribution in [3.63, 3.8) is 0 Å². The lowest BCUT2D eigenvalue weighted by Gasteiger charge is -2.32. The predicted molar refractivity (Wildman–Crippen MR) is 107 cm³/mol. The number of imidazole rings is 1. The first kappa shape index (κ1) is 20.3. The molecule has 1 aromatic rings. The zero-order valence-corrected chi connectivity index (χ0v) is 17.0. The van der Waals surface area contributed by atoms with Gasteiger partial charge in [-0.2, -0.15) is 0 Å². The SMILES string of the molecule is CN=C(NCCn1ccnc1)NCC1(CC(C)C)CCCC1.I. The van der Waals surface area contributed by atoms with Crippen molar-refractivity contribution in [2.24, 2.45) is 16.3 Å². The van der Waals surface area contributed by atoms with Crippen LogP contribution >= 0.6 is 24.0 Å². The summed E-state index contributed by atoms with van der Waals surface area (Å²) in [7, 11) is 1.84. The number of aromatic nitrogens is 2. The van der Waals surface area contributed by atoms with Crippen LogP contribution in [0.2, 0.25) is 0 Å². The van der Waals surface area contributed by atoms with Crippen molar-refractivity contribution in [2.75, 3.05) is 20.1 Å². The fraction of sp³-hybridized carbons (Fsp3) is 0.765. The third-order valence-corrected chi connectivity index (χ3v) is 4.58. The normalized spacial score (nSPS) is 17.1. The highest BCUT2D eigenvalue weighted by Crippen LogP contribution is 2.42. The molecule has 0 unspecified atom stereocenters. The molecule has 2 rings (SSSR count). The lowest BCUT2D eigenvalue weighted by molar-refractivity contribution is 0.235. The predicted octanol–water partition coefficient (Wildman–Crippen LogP) is 3.27. The second-order valence-electron chi connectivity index (χ2n) is 6.96. The number of guanidine groups is 1. The maximum Gasteiger partial charge on any atom is 0.191 e. The minimum atomic E-state index is 0. The van der Waals surface area contributed by atoms with Gasteiger partial charge in [-0.25, -0.2) is 4.98 Å². The van der Waals surface area contributed by atoms with E-state index in [4.69, 9.17) is 0 Å². The molecule has 1 aromatic heterocycles. The largest absolute Gasteiger partial charge is 0.356 e. The van der Waals surface area contributed by atoms with Gasteiger partial charge in [-0.05, 0) is 30.6 Å². The van der Waals surface area contributed by atoms with E-state index in [1.54, 1.807) is 0 Å². The van der Waals surface area contributed by atoms with Crippen molar-refractivity contribution < 1.29 is 0 Å². The van der Waals surface area contributed by atoms with Crippen molar-refractivity contribution in [3.8, 4) is 0 Å². The van der Waals surface area contributed by atoms with Gasteiger partial charge in [0.1, 0.15) is 0 Å². The highest BCUT2D eigenvalue weighted by Gasteiger charge is 2.34. The Balaban J connectivity index is 0.00000264. The lowest BCUT2D eigenvalue weighted by atomic mass is 9.78. The molecular formula is C17H32IN5. The second-order valence-corrected chi connectivity index (χ2v) is 6.96. The second kappa shape index (κ2) is 10.2. The first-order valence-electron chi connectivity index (χ1n) is 8.54. The minimum absolute atomic E-state index is 0. The first-order chi connectivity index (χ1) is 10.6. The van der Waals surface area contributed by atoms with Gasteiger partial charge in [0, 0.05) is 39.1 Å². The highest BCUT2D eigenvalue weighted by molar-refractivity contribution is 14.0. The van der Waals surface area contributed by atoms with E-state index in [0.29, 0.717) is 5.41 Å². The van der Waals surface area contributed by atoms with Crippen LogP contribution in [-0.4, -0.2) is 35.6 Å². The molecule has 1 aliphatic carbocycles. The molecule has 0 aromatic carbocycles. The van der Waals surface area contributed by atoms with Crippen LogP contribution in [0.4, 0.5) is 0 Å². The zero-order chi connectivity index (χ0) is 15.8. The maximum absolute atomic E-state index is 4.35. The van der Waals surface area contributed by atoms with E-state index >= 15 is 0 Å². The monoisotopic (exact) mass is 433 g/mol. The molecule has 1 saturated carbocycles. The average Bonchev–Trinajstić information content (AvgIpc) is 3.14. The zero-order valence-electron chi connectivity index (χ0n) is 14.7. The van der Waals surface area contributed by atoms with Crippen molar-refractivity contribution in [1.82, 2.24) is 20.2 Å². The van der Waals surface area contributed by atoms with E-state index in [1.807, 2.05) is 25.8 Å². The molecule has 0 amide bonds. The summed E-state index contributed by atoms with van der Waals surface area (Å²) >= 11 is 0. The van der Waals surface area contributed by atoms with Crippen LogP contribution in [-0.2, 0) is 6.54 Å². The fourth-order valence-electron chi connectivity index (χ4n) is 3.66. The van der Waals surface area contributed by atoms with Crippen LogP contribution < -0.4 is 10.6 Å². The Morgan fingerprint density at radius 2 is 2.04 bits per heavy atom. The van der Waals surface area contributed by atoms with Crippen LogP contribution in [0.3, 0.4) is 0 Å². The minimum Gasteiger partial charge on any atom is -0.356 e. The quantitative estimate of drug-likeness (QED) is 0.394. The van der Waals surface area contributed by atoms with Gasteiger partial charge in [-0.1, -0.05) is 26.7 Å². The summed E-state index contributed by atoms with van der Waals surface area (Å²) in [4.78, 5) is 8.40. The van der Waals surface area contributed by atoms with E-state index in [2.05, 4.69) is 39.0 Å². The van der Waals surface area contributed by atoms with Gasteiger partial charge in [-0.3, -0.25) is 4.99 Å². The number of aliphatic imine (C=N–C) groups is 1. The first-order valence-corrected chi connectivity index (χ1v) is 8.54. The van der Waals surface area contributed by atoms with E-state index < -0.39 is 0 Å². The van der Waals surface area contributed by atoms with E-state index in [1.165, 1.54) is 32.1 Å². The van der Waals surface area contributed by atoms with Gasteiger partial charge in [-0.15, -0.1) is 24.0 Å². The molecule has 0 atom stereocenters. The van der Waals surface area contributed by atoms with E-state index in [0.717, 1.165) is 31.5 Å². The van der Waals surface area contributed by atoms with Crippen LogP contribution in [0, 0.1) is 11.3 Å². The molecule has 1 heterocycles. The Morgan fingerprint density at radius 3 is 2.61 bits per heavy atom. The highest BCUT2D eigenvalue weighted by atomic mass is 127. The summed E-state index contributed by atoms with van der Waals surface area (Å²) in [6, 6.07) is 0. The van der Waals surface area contributed by atoms with Crippen molar-refractivity contribution >= 4 is 29.9 Å². The average molecular weight is 433 g/mol. The van der Waals surface area contributed by atoms with Crippen LogP contribution in [0.5, 0.6) is 0 Å². The molecule has 5 nitrogen and oxygen atoms in total. The molecule has 1 fully saturated rings. The Labute approximate surface area is 157 Å². The molecule has 0 saturated heterocycles. The molecule has 1 aliphatic rings. The molecule has 6 heteroatoms. The van der Waals surface area contributed by atoms with Crippen molar-refractivity contribution in [1.29, 1.82) is 0 Å². The number of nitrogens with zero attached hydrogens (tertiary/aromatic N) is 3. The summed E-state index contributed by atoms with van der Waals surface area (Å²) in [5.74, 6) is 1.67. The number of nitrogens with one attached hydrogen (secondary N) is 2. The van der Waals surface area contributed by atoms with Gasteiger partial charge < -0.3 is 15.2 Å². The lowest BCUT2D eigenvalue weighted by Crippen LogP contribution is -2.44. The van der Waals surface area contributed by atoms with Gasteiger partial charge in [0.15, 0.2) is 5.96 Å². The number of halogens is 1. The number of hydrogen-bond donors (Lipinski definition) is 2. The van der Waals surface area contributed by atoms with Crippen LogP contribution in [0.25, 0.3) is 0 Å². The van der Waals surface area contributed by atoms with Crippen LogP contribution in [0.15, 0.2) is 23.7 Å². The smallest absolute Gasteiger partial charge is 0.191 e. The summed E-state index contributed by atoms with van der Waals surface area (Å²) in [6.45, 7) is 7.46. The molecule has 0 aliphatic heterocycles. The van der Waals surface area contributed by atoms with Gasteiger partial charge in [0.2, 0.25) is 0 Å². The summed E-state index contributed by atoms with van der Waals surface area (Å²) in [5.41, 5.74) is 0.468. The Hall–Kier alpha value is -0.790.